The molecule has 3 heterocycles. The van der Waals surface area contributed by atoms with Crippen LogP contribution in [0.25, 0.3) is 11.3 Å². The van der Waals surface area contributed by atoms with Crippen LogP contribution in [0.1, 0.15) is 11.3 Å². The number of carboxylic acids is 1. The largest absolute Gasteiger partial charge is 0.480 e. The van der Waals surface area contributed by atoms with Gasteiger partial charge in [-0.3, -0.25) is 9.78 Å². The molecule has 0 saturated carbocycles. The van der Waals surface area contributed by atoms with Crippen LogP contribution in [0.15, 0.2) is 71.8 Å². The minimum Gasteiger partial charge on any atom is -0.480 e. The maximum absolute atomic E-state index is 11.4. The number of rotatable bonds is 11. The molecule has 9 heteroatoms. The Morgan fingerprint density at radius 3 is 2.69 bits per heavy atom. The van der Waals surface area contributed by atoms with Gasteiger partial charge in [-0.1, -0.05) is 30.3 Å². The Bertz CT molecular complexity index is 1120. The van der Waals surface area contributed by atoms with Crippen LogP contribution in [0.2, 0.25) is 0 Å². The molecule has 0 aliphatic rings. The van der Waals surface area contributed by atoms with Gasteiger partial charge in [0.1, 0.15) is 12.4 Å². The summed E-state index contributed by atoms with van der Waals surface area (Å²) in [6, 6.07) is 16.0. The van der Waals surface area contributed by atoms with E-state index in [2.05, 4.69) is 37.8 Å². The van der Waals surface area contributed by atoms with Gasteiger partial charge in [0.2, 0.25) is 0 Å². The van der Waals surface area contributed by atoms with Crippen molar-refractivity contribution in [2.45, 2.75) is 25.6 Å². The first-order valence-corrected chi connectivity index (χ1v) is 11.2. The average Bonchev–Trinajstić information content (AvgIpc) is 3.47. The molecule has 32 heavy (non-hydrogen) atoms. The maximum Gasteiger partial charge on any atom is 0.325 e. The molecule has 1 atom stereocenters. The van der Waals surface area contributed by atoms with Crippen LogP contribution in [0.3, 0.4) is 0 Å². The number of aliphatic carboxylic acids is 1. The number of hydrogen-bond acceptors (Lipinski definition) is 7. The number of aromatic nitrogens is 4. The van der Waals surface area contributed by atoms with Crippen LogP contribution in [0.5, 0.6) is 0 Å². The highest BCUT2D eigenvalue weighted by Gasteiger charge is 2.15. The molecule has 1 unspecified atom stereocenters. The van der Waals surface area contributed by atoms with Crippen molar-refractivity contribution in [2.24, 2.45) is 0 Å². The second kappa shape index (κ2) is 10.7. The molecular formula is C23H24N6O2S. The monoisotopic (exact) mass is 448 g/mol. The summed E-state index contributed by atoms with van der Waals surface area (Å²) in [6.07, 6.45) is 4.20. The summed E-state index contributed by atoms with van der Waals surface area (Å²) in [6.45, 7) is 1.04. The fourth-order valence-electron chi connectivity index (χ4n) is 3.39. The van der Waals surface area contributed by atoms with E-state index in [-0.39, 0.29) is 12.6 Å². The number of pyridine rings is 1. The van der Waals surface area contributed by atoms with Crippen molar-refractivity contribution in [3.63, 3.8) is 0 Å². The lowest BCUT2D eigenvalue weighted by atomic mass is 10.1. The molecule has 0 amide bonds. The molecule has 0 spiro atoms. The Labute approximate surface area is 190 Å². The van der Waals surface area contributed by atoms with E-state index in [1.807, 2.05) is 47.3 Å². The fourth-order valence-corrected chi connectivity index (χ4v) is 3.95. The smallest absolute Gasteiger partial charge is 0.325 e. The Morgan fingerprint density at radius 1 is 1.16 bits per heavy atom. The van der Waals surface area contributed by atoms with Gasteiger partial charge < -0.3 is 15.7 Å². The second-order valence-corrected chi connectivity index (χ2v) is 8.05. The molecule has 164 valence electrons. The summed E-state index contributed by atoms with van der Waals surface area (Å²) in [5.41, 5.74) is 5.64. The van der Waals surface area contributed by atoms with Gasteiger partial charge in [0.05, 0.1) is 16.9 Å². The summed E-state index contributed by atoms with van der Waals surface area (Å²) < 4.78 is 1.48. The lowest BCUT2D eigenvalue weighted by Gasteiger charge is -2.20. The number of benzene rings is 1. The van der Waals surface area contributed by atoms with Gasteiger partial charge in [-0.25, -0.2) is 9.67 Å². The predicted octanol–water partition coefficient (Wildman–Crippen LogP) is 3.30. The molecule has 4 rings (SSSR count). The van der Waals surface area contributed by atoms with E-state index in [9.17, 15) is 9.90 Å². The average molecular weight is 449 g/mol. The van der Waals surface area contributed by atoms with Crippen molar-refractivity contribution in [3.05, 3.63) is 83.1 Å². The van der Waals surface area contributed by atoms with Crippen molar-refractivity contribution in [1.29, 1.82) is 0 Å². The Kier molecular flexibility index (Phi) is 7.21. The van der Waals surface area contributed by atoms with Crippen molar-refractivity contribution in [1.82, 2.24) is 25.1 Å². The summed E-state index contributed by atoms with van der Waals surface area (Å²) in [5.74, 6) is -0.285. The molecule has 0 aliphatic heterocycles. The summed E-state index contributed by atoms with van der Waals surface area (Å²) in [4.78, 5) is 19.7. The van der Waals surface area contributed by atoms with E-state index in [0.29, 0.717) is 24.6 Å². The molecular weight excluding hydrogens is 424 g/mol. The van der Waals surface area contributed by atoms with Crippen LogP contribution >= 0.6 is 11.3 Å². The van der Waals surface area contributed by atoms with E-state index in [1.165, 1.54) is 10.2 Å². The van der Waals surface area contributed by atoms with Gasteiger partial charge in [-0.05, 0) is 24.1 Å². The molecule has 0 fully saturated rings. The quantitative estimate of drug-likeness (QED) is 0.323. The minimum atomic E-state index is -0.945. The van der Waals surface area contributed by atoms with E-state index in [1.54, 1.807) is 23.7 Å². The highest BCUT2D eigenvalue weighted by molar-refractivity contribution is 7.07. The molecule has 3 aromatic heterocycles. The third kappa shape index (κ3) is 5.99. The maximum atomic E-state index is 11.4. The zero-order valence-electron chi connectivity index (χ0n) is 17.4. The minimum absolute atomic E-state index is 0.108. The lowest BCUT2D eigenvalue weighted by Crippen LogP contribution is -2.37. The molecule has 1 aromatic carbocycles. The second-order valence-electron chi connectivity index (χ2n) is 7.33. The first-order valence-electron chi connectivity index (χ1n) is 10.3. The lowest BCUT2D eigenvalue weighted by molar-refractivity contribution is -0.137. The van der Waals surface area contributed by atoms with E-state index >= 15 is 0 Å². The van der Waals surface area contributed by atoms with Gasteiger partial charge in [-0.2, -0.15) is 5.10 Å². The molecule has 8 nitrogen and oxygen atoms in total. The Hall–Kier alpha value is -3.56. The van der Waals surface area contributed by atoms with Crippen LogP contribution < -0.4 is 10.6 Å². The van der Waals surface area contributed by atoms with Crippen molar-refractivity contribution < 1.29 is 9.90 Å². The van der Waals surface area contributed by atoms with Crippen LogP contribution in [0, 0.1) is 0 Å². The summed E-state index contributed by atoms with van der Waals surface area (Å²) in [5, 5.41) is 22.8. The van der Waals surface area contributed by atoms with Crippen molar-refractivity contribution >= 4 is 23.1 Å². The molecule has 4 aromatic rings. The highest BCUT2D eigenvalue weighted by atomic mass is 32.1. The zero-order chi connectivity index (χ0) is 22.2. The Morgan fingerprint density at radius 2 is 1.97 bits per heavy atom. The molecule has 0 saturated heterocycles. The SMILES string of the molecule is O=C(O)Cn1nc(-c2ccncc2)cc1NCC(Cc1ccccc1)NCc1cscn1. The third-order valence-electron chi connectivity index (χ3n) is 4.95. The van der Waals surface area contributed by atoms with Gasteiger partial charge in [-0.15, -0.1) is 11.3 Å². The van der Waals surface area contributed by atoms with Crippen LogP contribution in [-0.2, 0) is 24.3 Å². The summed E-state index contributed by atoms with van der Waals surface area (Å²) in [7, 11) is 0. The van der Waals surface area contributed by atoms with Crippen LogP contribution in [0.4, 0.5) is 5.82 Å². The predicted molar refractivity (Wildman–Crippen MR) is 124 cm³/mol. The fraction of sp³-hybridized carbons (Fsp3) is 0.217. The molecule has 0 aliphatic carbocycles. The third-order valence-corrected chi connectivity index (χ3v) is 5.59. The number of thiazole rings is 1. The molecule has 0 radical (unpaired) electrons. The van der Waals surface area contributed by atoms with E-state index in [4.69, 9.17) is 0 Å². The van der Waals surface area contributed by atoms with E-state index in [0.717, 1.165) is 17.7 Å². The highest BCUT2D eigenvalue weighted by Crippen LogP contribution is 2.21. The van der Waals surface area contributed by atoms with E-state index < -0.39 is 5.97 Å². The van der Waals surface area contributed by atoms with Crippen LogP contribution in [-0.4, -0.2) is 43.4 Å². The standard InChI is InChI=1S/C23H24N6O2S/c30-23(31)14-29-22(11-21(28-29)18-6-8-24-9-7-18)26-12-19(10-17-4-2-1-3-5-17)25-13-20-15-32-16-27-20/h1-9,11,15-16,19,25-26H,10,12-14H2,(H,30,31). The summed E-state index contributed by atoms with van der Waals surface area (Å²) >= 11 is 1.58. The molecule has 0 bridgehead atoms. The normalized spacial score (nSPS) is 11.9. The topological polar surface area (TPSA) is 105 Å². The van der Waals surface area contributed by atoms with Gasteiger partial charge in [0.25, 0.3) is 0 Å². The Balaban J connectivity index is 1.50. The number of anilines is 1. The molecule has 3 N–H and O–H groups in total. The number of carboxylic acid groups (broad SMARTS) is 1. The number of nitrogens with one attached hydrogen (secondary N) is 2. The van der Waals surface area contributed by atoms with Gasteiger partial charge in [0, 0.05) is 48.5 Å². The van der Waals surface area contributed by atoms with Gasteiger partial charge in [0.15, 0.2) is 0 Å². The zero-order valence-corrected chi connectivity index (χ0v) is 18.2. The number of hydrogen-bond donors (Lipinski definition) is 3. The first kappa shape index (κ1) is 21.7. The number of carbonyl (C=O) groups is 1. The first-order chi connectivity index (χ1) is 15.7. The van der Waals surface area contributed by atoms with Crippen molar-refractivity contribution in [2.75, 3.05) is 11.9 Å². The van der Waals surface area contributed by atoms with Gasteiger partial charge >= 0.3 is 5.97 Å². The van der Waals surface area contributed by atoms with Crippen molar-refractivity contribution in [3.8, 4) is 11.3 Å². The number of nitrogens with zero attached hydrogens (tertiary/aromatic N) is 4.